The van der Waals surface area contributed by atoms with E-state index in [1.54, 1.807) is 36.3 Å². The molecule has 0 atom stereocenters. The molecule has 2 aromatic carbocycles. The highest BCUT2D eigenvalue weighted by molar-refractivity contribution is 6.15. The summed E-state index contributed by atoms with van der Waals surface area (Å²) in [5.41, 5.74) is 2.34. The zero-order valence-corrected chi connectivity index (χ0v) is 20.7. The van der Waals surface area contributed by atoms with Crippen molar-refractivity contribution in [1.29, 1.82) is 0 Å². The van der Waals surface area contributed by atoms with Crippen molar-refractivity contribution >= 4 is 34.0 Å². The second-order valence-electron chi connectivity index (χ2n) is 8.96. The standard InChI is InChI=1S/C28H30N2O5/c1-6-33-15-13-21-26-20-16-24(32-5)25(34-18-19-10-8-7-9-11-19)17-23(20)30(22(26)12-14-29-21)27(31)35-28(2,3)4/h7-17H,6,18H2,1-5H3/b15-13+. The summed E-state index contributed by atoms with van der Waals surface area (Å²) in [7, 11) is 1.59. The Hall–Kier alpha value is -4.00. The predicted octanol–water partition coefficient (Wildman–Crippen LogP) is 6.57. The van der Waals surface area contributed by atoms with Crippen LogP contribution in [-0.4, -0.2) is 35.0 Å². The fourth-order valence-corrected chi connectivity index (χ4v) is 3.84. The SMILES string of the molecule is CCO/C=C/c1nccc2c1c1cc(OC)c(OCc3ccccc3)cc1n2C(=O)OC(C)(C)C. The molecule has 0 unspecified atom stereocenters. The molecule has 35 heavy (non-hydrogen) atoms. The highest BCUT2D eigenvalue weighted by atomic mass is 16.6. The van der Waals surface area contributed by atoms with E-state index in [9.17, 15) is 4.79 Å². The first-order valence-corrected chi connectivity index (χ1v) is 11.5. The monoisotopic (exact) mass is 474 g/mol. The highest BCUT2D eigenvalue weighted by Gasteiger charge is 2.25. The molecule has 0 aliphatic heterocycles. The minimum atomic E-state index is -0.663. The molecule has 0 spiro atoms. The minimum Gasteiger partial charge on any atom is -0.501 e. The number of carbonyl (C=O) groups is 1. The molecule has 0 saturated carbocycles. The van der Waals surface area contributed by atoms with Gasteiger partial charge in [-0.25, -0.2) is 9.36 Å². The number of rotatable bonds is 7. The van der Waals surface area contributed by atoms with E-state index in [4.69, 9.17) is 18.9 Å². The minimum absolute atomic E-state index is 0.360. The molecule has 0 aliphatic carbocycles. The van der Waals surface area contributed by atoms with Gasteiger partial charge in [0.15, 0.2) is 11.5 Å². The molecule has 4 rings (SSSR count). The molecule has 2 heterocycles. The number of ether oxygens (including phenoxy) is 4. The van der Waals surface area contributed by atoms with Gasteiger partial charge in [0.25, 0.3) is 0 Å². The van der Waals surface area contributed by atoms with Gasteiger partial charge in [-0.15, -0.1) is 0 Å². The van der Waals surface area contributed by atoms with Crippen molar-refractivity contribution in [1.82, 2.24) is 9.55 Å². The lowest BCUT2D eigenvalue weighted by molar-refractivity contribution is 0.0551. The second kappa shape index (κ2) is 10.1. The third-order valence-electron chi connectivity index (χ3n) is 5.29. The van der Waals surface area contributed by atoms with Crippen molar-refractivity contribution in [3.8, 4) is 11.5 Å². The highest BCUT2D eigenvalue weighted by Crippen LogP contribution is 2.39. The summed E-state index contributed by atoms with van der Waals surface area (Å²) >= 11 is 0. The average Bonchev–Trinajstić information content (AvgIpc) is 3.16. The summed E-state index contributed by atoms with van der Waals surface area (Å²) in [5.74, 6) is 1.08. The fourth-order valence-electron chi connectivity index (χ4n) is 3.84. The molecule has 0 fully saturated rings. The van der Waals surface area contributed by atoms with Crippen LogP contribution in [0, 0.1) is 0 Å². The smallest absolute Gasteiger partial charge is 0.419 e. The summed E-state index contributed by atoms with van der Waals surface area (Å²) in [6.45, 7) is 8.34. The Morgan fingerprint density at radius 1 is 1.06 bits per heavy atom. The summed E-state index contributed by atoms with van der Waals surface area (Å²) in [4.78, 5) is 17.9. The average molecular weight is 475 g/mol. The Morgan fingerprint density at radius 3 is 2.51 bits per heavy atom. The number of fused-ring (bicyclic) bond motifs is 3. The lowest BCUT2D eigenvalue weighted by atomic mass is 10.1. The first-order valence-electron chi connectivity index (χ1n) is 11.5. The molecule has 0 radical (unpaired) electrons. The Balaban J connectivity index is 1.92. The quantitative estimate of drug-likeness (QED) is 0.282. The van der Waals surface area contributed by atoms with Crippen molar-refractivity contribution in [3.05, 3.63) is 72.2 Å². The van der Waals surface area contributed by atoms with E-state index in [2.05, 4.69) is 4.98 Å². The van der Waals surface area contributed by atoms with Crippen LogP contribution in [0.2, 0.25) is 0 Å². The number of benzene rings is 2. The maximum absolute atomic E-state index is 13.4. The van der Waals surface area contributed by atoms with E-state index >= 15 is 0 Å². The molecule has 7 heteroatoms. The van der Waals surface area contributed by atoms with Gasteiger partial charge in [0, 0.05) is 23.0 Å². The van der Waals surface area contributed by atoms with Crippen LogP contribution in [0.3, 0.4) is 0 Å². The van der Waals surface area contributed by atoms with Crippen molar-refractivity contribution in [2.45, 2.75) is 39.9 Å². The van der Waals surface area contributed by atoms with Crippen molar-refractivity contribution < 1.29 is 23.7 Å². The number of methoxy groups -OCH3 is 1. The van der Waals surface area contributed by atoms with E-state index < -0.39 is 11.7 Å². The Bertz CT molecular complexity index is 1370. The maximum Gasteiger partial charge on any atom is 0.419 e. The first kappa shape index (κ1) is 24.1. The molecule has 7 nitrogen and oxygen atoms in total. The van der Waals surface area contributed by atoms with Crippen LogP contribution in [0.1, 0.15) is 39.0 Å². The van der Waals surface area contributed by atoms with Gasteiger partial charge in [-0.1, -0.05) is 30.3 Å². The van der Waals surface area contributed by atoms with E-state index in [0.29, 0.717) is 41.4 Å². The van der Waals surface area contributed by atoms with Crippen LogP contribution in [-0.2, 0) is 16.1 Å². The van der Waals surface area contributed by atoms with Crippen molar-refractivity contribution in [2.24, 2.45) is 0 Å². The van der Waals surface area contributed by atoms with Gasteiger partial charge in [-0.2, -0.15) is 0 Å². The van der Waals surface area contributed by atoms with Gasteiger partial charge in [-0.05, 0) is 51.5 Å². The van der Waals surface area contributed by atoms with Crippen LogP contribution >= 0.6 is 0 Å². The Labute approximate surface area is 204 Å². The molecule has 0 N–H and O–H groups in total. The Kier molecular flexibility index (Phi) is 6.96. The fraction of sp³-hybridized carbons (Fsp3) is 0.286. The Morgan fingerprint density at radius 2 is 1.83 bits per heavy atom. The number of carbonyl (C=O) groups excluding carboxylic acids is 1. The van der Waals surface area contributed by atoms with Gasteiger partial charge < -0.3 is 18.9 Å². The van der Waals surface area contributed by atoms with E-state index in [1.165, 1.54) is 0 Å². The summed E-state index contributed by atoms with van der Waals surface area (Å²) < 4.78 is 24.5. The third kappa shape index (κ3) is 5.24. The maximum atomic E-state index is 13.4. The third-order valence-corrected chi connectivity index (χ3v) is 5.29. The van der Waals surface area contributed by atoms with Crippen LogP contribution in [0.5, 0.6) is 11.5 Å². The van der Waals surface area contributed by atoms with Crippen LogP contribution in [0.15, 0.2) is 61.0 Å². The molecule has 0 aliphatic rings. The molecule has 4 aromatic rings. The van der Waals surface area contributed by atoms with Crippen LogP contribution < -0.4 is 9.47 Å². The van der Waals surface area contributed by atoms with Gasteiger partial charge in [-0.3, -0.25) is 4.98 Å². The molecule has 0 amide bonds. The number of pyridine rings is 1. The molecular weight excluding hydrogens is 444 g/mol. The van der Waals surface area contributed by atoms with E-state index in [1.807, 2.05) is 70.2 Å². The molecular formula is C28H30N2O5. The lowest BCUT2D eigenvalue weighted by Gasteiger charge is -2.20. The topological polar surface area (TPSA) is 71.8 Å². The lowest BCUT2D eigenvalue weighted by Crippen LogP contribution is -2.27. The number of hydrogen-bond donors (Lipinski definition) is 0. The van der Waals surface area contributed by atoms with Crippen LogP contribution in [0.25, 0.3) is 27.9 Å². The van der Waals surface area contributed by atoms with Gasteiger partial charge in [0.2, 0.25) is 0 Å². The normalized spacial score (nSPS) is 11.8. The van der Waals surface area contributed by atoms with Crippen LogP contribution in [0.4, 0.5) is 4.79 Å². The predicted molar refractivity (Wildman–Crippen MR) is 137 cm³/mol. The van der Waals surface area contributed by atoms with Crippen molar-refractivity contribution in [3.63, 3.8) is 0 Å². The summed E-state index contributed by atoms with van der Waals surface area (Å²) in [6, 6.07) is 15.4. The second-order valence-corrected chi connectivity index (χ2v) is 8.96. The zero-order valence-electron chi connectivity index (χ0n) is 20.7. The van der Waals surface area contributed by atoms with Gasteiger partial charge in [0.05, 0.1) is 36.7 Å². The van der Waals surface area contributed by atoms with E-state index in [-0.39, 0.29) is 0 Å². The summed E-state index contributed by atoms with van der Waals surface area (Å²) in [6.07, 6.45) is 4.57. The molecule has 0 saturated heterocycles. The van der Waals surface area contributed by atoms with Gasteiger partial charge >= 0.3 is 6.09 Å². The molecule has 0 bridgehead atoms. The van der Waals surface area contributed by atoms with Gasteiger partial charge in [0.1, 0.15) is 12.2 Å². The largest absolute Gasteiger partial charge is 0.501 e. The zero-order chi connectivity index (χ0) is 25.0. The van der Waals surface area contributed by atoms with Crippen molar-refractivity contribution in [2.75, 3.05) is 13.7 Å². The van der Waals surface area contributed by atoms with E-state index in [0.717, 1.165) is 16.3 Å². The molecule has 182 valence electrons. The molecule has 2 aromatic heterocycles. The number of hydrogen-bond acceptors (Lipinski definition) is 6. The number of aromatic nitrogens is 2. The first-order chi connectivity index (χ1) is 16.8. The number of nitrogens with zero attached hydrogens (tertiary/aromatic N) is 2. The summed E-state index contributed by atoms with van der Waals surface area (Å²) in [5, 5.41) is 1.58.